The van der Waals surface area contributed by atoms with Gasteiger partial charge in [-0.25, -0.2) is 4.79 Å². The van der Waals surface area contributed by atoms with Gasteiger partial charge in [0.05, 0.1) is 25.9 Å². The molecule has 9 heteroatoms. The third-order valence-corrected chi connectivity index (χ3v) is 9.88. The number of H-pyrrole nitrogens is 1. The normalized spacial score (nSPS) is 24.2. The summed E-state index contributed by atoms with van der Waals surface area (Å²) in [7, 11) is -0.367. The van der Waals surface area contributed by atoms with Gasteiger partial charge in [-0.3, -0.25) is 14.3 Å². The van der Waals surface area contributed by atoms with Gasteiger partial charge in [0.2, 0.25) is 0 Å². The average Bonchev–Trinajstić information content (AvgIpc) is 2.91. The van der Waals surface area contributed by atoms with Crippen molar-refractivity contribution in [2.24, 2.45) is 0 Å². The molecule has 2 rings (SSSR count). The zero-order valence-electron chi connectivity index (χ0n) is 16.7. The monoisotopic (exact) mass is 385 g/mol. The summed E-state index contributed by atoms with van der Waals surface area (Å²) in [4.78, 5) is 31.1. The lowest BCUT2D eigenvalue weighted by atomic mass is 10.1. The van der Waals surface area contributed by atoms with Gasteiger partial charge in [0, 0.05) is 18.2 Å². The number of hydrogen-bond donors (Lipinski definition) is 2. The van der Waals surface area contributed by atoms with Crippen LogP contribution < -0.4 is 16.7 Å². The summed E-state index contributed by atoms with van der Waals surface area (Å²) in [5.74, 6) is 0. The molecule has 2 N–H and O–H groups in total. The van der Waals surface area contributed by atoms with Crippen molar-refractivity contribution in [3.8, 4) is 0 Å². The average molecular weight is 386 g/mol. The Balaban J connectivity index is 2.17. The number of aromatic nitrogens is 2. The fraction of sp³-hybridized carbons (Fsp3) is 0.765. The van der Waals surface area contributed by atoms with Crippen LogP contribution in [0.1, 0.15) is 39.0 Å². The van der Waals surface area contributed by atoms with Gasteiger partial charge >= 0.3 is 5.69 Å². The Hall–Kier alpha value is -1.26. The molecule has 1 aromatic rings. The molecule has 2 heterocycles. The second-order valence-electron chi connectivity index (χ2n) is 8.34. The minimum absolute atomic E-state index is 0.0994. The number of rotatable bonds is 6. The summed E-state index contributed by atoms with van der Waals surface area (Å²) in [6.07, 6.45) is 1.32. The van der Waals surface area contributed by atoms with Gasteiger partial charge in [-0.1, -0.05) is 20.8 Å². The van der Waals surface area contributed by atoms with E-state index in [0.29, 0.717) is 18.6 Å². The molecule has 0 saturated carbocycles. The van der Waals surface area contributed by atoms with Crippen LogP contribution in [-0.2, 0) is 14.0 Å². The standard InChI is InChI=1S/C17H31N3O5Si/c1-11-9-20(16(22)18-15(11)21)14-8-12(19-23-5)13(25-14)10-24-26(6,7)17(2,3)4/h9,12-14,19H,8,10H2,1-7H3,(H,18,21,22)/t12-,13+,14+/m1/s1. The number of ether oxygens (including phenoxy) is 1. The second kappa shape index (κ2) is 7.77. The highest BCUT2D eigenvalue weighted by Gasteiger charge is 2.41. The molecule has 1 fully saturated rings. The highest BCUT2D eigenvalue weighted by molar-refractivity contribution is 6.74. The van der Waals surface area contributed by atoms with E-state index in [1.807, 2.05) is 0 Å². The Labute approximate surface area is 154 Å². The number of nitrogens with one attached hydrogen (secondary N) is 2. The quantitative estimate of drug-likeness (QED) is 0.571. The van der Waals surface area contributed by atoms with Crippen LogP contribution in [0.3, 0.4) is 0 Å². The maximum absolute atomic E-state index is 12.2. The first-order chi connectivity index (χ1) is 12.0. The van der Waals surface area contributed by atoms with Crippen molar-refractivity contribution in [1.29, 1.82) is 0 Å². The summed E-state index contributed by atoms with van der Waals surface area (Å²) in [5, 5.41) is 0.0994. The molecule has 0 spiro atoms. The minimum Gasteiger partial charge on any atom is -0.414 e. The summed E-state index contributed by atoms with van der Waals surface area (Å²) in [5.41, 5.74) is 2.54. The Morgan fingerprint density at radius 1 is 1.38 bits per heavy atom. The fourth-order valence-corrected chi connectivity index (χ4v) is 3.65. The van der Waals surface area contributed by atoms with Gasteiger partial charge in [0.1, 0.15) is 6.23 Å². The SMILES string of the molecule is CON[C@@H]1C[C@@H](n2cc(C)c(=O)[nH]c2=O)O[C@H]1CO[Si](C)(C)C(C)(C)C. The van der Waals surface area contributed by atoms with Crippen LogP contribution in [0.15, 0.2) is 15.8 Å². The van der Waals surface area contributed by atoms with Crippen LogP contribution in [-0.4, -0.2) is 43.7 Å². The highest BCUT2D eigenvalue weighted by Crippen LogP contribution is 2.37. The van der Waals surface area contributed by atoms with Crippen LogP contribution in [0.2, 0.25) is 18.1 Å². The van der Waals surface area contributed by atoms with Gasteiger partial charge in [-0.05, 0) is 25.1 Å². The lowest BCUT2D eigenvalue weighted by Crippen LogP contribution is -2.46. The van der Waals surface area contributed by atoms with Crippen molar-refractivity contribution in [2.75, 3.05) is 13.7 Å². The predicted molar refractivity (Wildman–Crippen MR) is 102 cm³/mol. The van der Waals surface area contributed by atoms with Gasteiger partial charge in [0.15, 0.2) is 8.32 Å². The van der Waals surface area contributed by atoms with Gasteiger partial charge in [0.25, 0.3) is 5.56 Å². The molecular weight excluding hydrogens is 354 g/mol. The van der Waals surface area contributed by atoms with E-state index in [4.69, 9.17) is 14.0 Å². The maximum atomic E-state index is 12.2. The first kappa shape index (κ1) is 21.0. The Bertz CT molecular complexity index is 737. The van der Waals surface area contributed by atoms with Crippen LogP contribution in [0.4, 0.5) is 0 Å². The molecule has 0 aliphatic carbocycles. The molecule has 0 amide bonds. The molecule has 26 heavy (non-hydrogen) atoms. The van der Waals surface area contributed by atoms with Crippen molar-refractivity contribution in [3.63, 3.8) is 0 Å². The predicted octanol–water partition coefficient (Wildman–Crippen LogP) is 1.67. The van der Waals surface area contributed by atoms with Crippen LogP contribution in [0, 0.1) is 6.92 Å². The summed E-state index contributed by atoms with van der Waals surface area (Å²) in [6.45, 7) is 13.0. The zero-order valence-corrected chi connectivity index (χ0v) is 17.7. The van der Waals surface area contributed by atoms with E-state index in [-0.39, 0.29) is 22.7 Å². The second-order valence-corrected chi connectivity index (χ2v) is 13.2. The van der Waals surface area contributed by atoms with Crippen molar-refractivity contribution >= 4 is 8.32 Å². The molecule has 0 aromatic carbocycles. The lowest BCUT2D eigenvalue weighted by Gasteiger charge is -2.37. The van der Waals surface area contributed by atoms with Gasteiger partial charge in [-0.15, -0.1) is 0 Å². The molecule has 0 unspecified atom stereocenters. The van der Waals surface area contributed by atoms with E-state index in [1.165, 1.54) is 10.8 Å². The summed E-state index contributed by atoms with van der Waals surface area (Å²) >= 11 is 0. The molecule has 1 aliphatic heterocycles. The van der Waals surface area contributed by atoms with E-state index >= 15 is 0 Å². The van der Waals surface area contributed by atoms with Crippen molar-refractivity contribution < 1.29 is 14.0 Å². The molecular formula is C17H31N3O5Si. The number of hydroxylamine groups is 1. The van der Waals surface area contributed by atoms with E-state index in [0.717, 1.165) is 0 Å². The van der Waals surface area contributed by atoms with Gasteiger partial charge in [-0.2, -0.15) is 5.48 Å². The first-order valence-electron chi connectivity index (χ1n) is 8.86. The van der Waals surface area contributed by atoms with Crippen LogP contribution >= 0.6 is 0 Å². The van der Waals surface area contributed by atoms with Crippen molar-refractivity contribution in [1.82, 2.24) is 15.0 Å². The van der Waals surface area contributed by atoms with E-state index < -0.39 is 20.2 Å². The molecule has 8 nitrogen and oxygen atoms in total. The van der Waals surface area contributed by atoms with Crippen LogP contribution in [0.25, 0.3) is 0 Å². The molecule has 1 aromatic heterocycles. The van der Waals surface area contributed by atoms with Crippen molar-refractivity contribution in [3.05, 3.63) is 32.6 Å². The number of aryl methyl sites for hydroxylation is 1. The summed E-state index contributed by atoms with van der Waals surface area (Å²) < 4.78 is 13.8. The van der Waals surface area contributed by atoms with Crippen molar-refractivity contribution in [2.45, 2.75) is 70.6 Å². The third kappa shape index (κ3) is 4.52. The topological polar surface area (TPSA) is 94.6 Å². The smallest absolute Gasteiger partial charge is 0.330 e. The van der Waals surface area contributed by atoms with E-state index in [1.54, 1.807) is 14.0 Å². The van der Waals surface area contributed by atoms with Crippen LogP contribution in [0.5, 0.6) is 0 Å². The lowest BCUT2D eigenvalue weighted by molar-refractivity contribution is -0.0405. The first-order valence-corrected chi connectivity index (χ1v) is 11.8. The highest BCUT2D eigenvalue weighted by atomic mass is 28.4. The van der Waals surface area contributed by atoms with E-state index in [2.05, 4.69) is 44.3 Å². The molecule has 3 atom stereocenters. The third-order valence-electron chi connectivity index (χ3n) is 5.38. The van der Waals surface area contributed by atoms with E-state index in [9.17, 15) is 9.59 Å². The molecule has 1 aliphatic rings. The largest absolute Gasteiger partial charge is 0.414 e. The van der Waals surface area contributed by atoms with Gasteiger partial charge < -0.3 is 14.0 Å². The number of nitrogens with zero attached hydrogens (tertiary/aromatic N) is 1. The maximum Gasteiger partial charge on any atom is 0.330 e. The molecule has 0 radical (unpaired) electrons. The Morgan fingerprint density at radius 3 is 2.62 bits per heavy atom. The Kier molecular flexibility index (Phi) is 6.29. The minimum atomic E-state index is -1.92. The fourth-order valence-electron chi connectivity index (χ4n) is 2.64. The molecule has 148 valence electrons. The Morgan fingerprint density at radius 2 is 2.04 bits per heavy atom. The molecule has 1 saturated heterocycles. The summed E-state index contributed by atoms with van der Waals surface area (Å²) in [6, 6.07) is -0.117. The zero-order chi connectivity index (χ0) is 19.7. The molecule has 0 bridgehead atoms. The number of aromatic amines is 1. The number of hydrogen-bond acceptors (Lipinski definition) is 6.